The van der Waals surface area contributed by atoms with Crippen LogP contribution in [0.2, 0.25) is 0 Å². The Bertz CT molecular complexity index is 240. The highest BCUT2D eigenvalue weighted by Gasteiger charge is 2.40. The second kappa shape index (κ2) is 3.50. The number of alkyl halides is 2. The van der Waals surface area contributed by atoms with E-state index in [2.05, 4.69) is 0 Å². The lowest BCUT2D eigenvalue weighted by Gasteiger charge is -2.06. The van der Waals surface area contributed by atoms with Crippen LogP contribution in [0.3, 0.4) is 0 Å². The molecule has 0 aromatic heterocycles. The zero-order valence-electron chi connectivity index (χ0n) is 5.21. The smallest absolute Gasteiger partial charge is 0.212 e. The highest BCUT2D eigenvalue weighted by atomic mass is 35.7. The maximum atomic E-state index is 10.8. The lowest BCUT2D eigenvalue weighted by atomic mass is 10.4. The van der Waals surface area contributed by atoms with Gasteiger partial charge in [0, 0.05) is 10.7 Å². The Balaban J connectivity index is 2.76. The molecule has 1 heterocycles. The predicted octanol–water partition coefficient (Wildman–Crippen LogP) is 2.19. The minimum Gasteiger partial charge on any atom is -0.212 e. The van der Waals surface area contributed by atoms with Gasteiger partial charge in [0.15, 0.2) is 0 Å². The average Bonchev–Trinajstić information content (AvgIpc) is 2.08. The summed E-state index contributed by atoms with van der Waals surface area (Å²) in [5.74, 6) is 0. The molecule has 2 nitrogen and oxygen atoms in total. The van der Waals surface area contributed by atoms with Crippen LogP contribution in [0.15, 0.2) is 0 Å². The Hall–Kier alpha value is 1.17. The molecule has 1 fully saturated rings. The third-order valence-electron chi connectivity index (χ3n) is 1.35. The molecule has 1 aliphatic heterocycles. The van der Waals surface area contributed by atoms with Crippen LogP contribution < -0.4 is 0 Å². The third-order valence-corrected chi connectivity index (χ3v) is 5.72. The highest BCUT2D eigenvalue weighted by Crippen LogP contribution is 2.42. The van der Waals surface area contributed by atoms with Crippen LogP contribution in [0.4, 0.5) is 0 Å². The fraction of sp³-hybridized carbons (Fsp3) is 1.00. The van der Waals surface area contributed by atoms with Crippen molar-refractivity contribution < 1.29 is 8.42 Å². The van der Waals surface area contributed by atoms with E-state index in [4.69, 9.17) is 33.9 Å². The van der Waals surface area contributed by atoms with E-state index in [1.54, 1.807) is 0 Å². The molecule has 0 N–H and O–H groups in total. The van der Waals surface area contributed by atoms with Crippen molar-refractivity contribution in [1.29, 1.82) is 0 Å². The first kappa shape index (κ1) is 10.3. The number of halogens is 3. The SMILES string of the molecule is O=S(=O)(Cl)C1CC(Cl)SC1Cl. The Kier molecular flexibility index (Phi) is 3.26. The van der Waals surface area contributed by atoms with E-state index >= 15 is 0 Å². The Morgan fingerprint density at radius 1 is 1.36 bits per heavy atom. The highest BCUT2D eigenvalue weighted by molar-refractivity contribution is 8.15. The Labute approximate surface area is 84.0 Å². The molecular formula is C4H5Cl3O2S2. The predicted molar refractivity (Wildman–Crippen MR) is 50.1 cm³/mol. The molecule has 0 aromatic rings. The van der Waals surface area contributed by atoms with E-state index < -0.39 is 19.0 Å². The summed E-state index contributed by atoms with van der Waals surface area (Å²) in [5, 5.41) is -0.710. The molecule has 0 aromatic carbocycles. The molecule has 0 bridgehead atoms. The summed E-state index contributed by atoms with van der Waals surface area (Å²) in [4.78, 5) is 0. The van der Waals surface area contributed by atoms with Crippen molar-refractivity contribution in [3.63, 3.8) is 0 Å². The van der Waals surface area contributed by atoms with Crippen LogP contribution in [0, 0.1) is 0 Å². The van der Waals surface area contributed by atoms with Crippen LogP contribution >= 0.6 is 45.6 Å². The molecule has 66 valence electrons. The van der Waals surface area contributed by atoms with Gasteiger partial charge in [-0.25, -0.2) is 8.42 Å². The maximum absolute atomic E-state index is 10.8. The van der Waals surface area contributed by atoms with Crippen molar-refractivity contribution in [3.8, 4) is 0 Å². The first-order valence-corrected chi connectivity index (χ1v) is 6.97. The van der Waals surface area contributed by atoms with E-state index in [1.165, 1.54) is 11.8 Å². The van der Waals surface area contributed by atoms with Gasteiger partial charge in [-0.15, -0.1) is 35.0 Å². The minimum atomic E-state index is -3.55. The van der Waals surface area contributed by atoms with Gasteiger partial charge in [0.05, 0.1) is 9.42 Å². The van der Waals surface area contributed by atoms with E-state index in [9.17, 15) is 8.42 Å². The van der Waals surface area contributed by atoms with E-state index in [0.29, 0.717) is 6.42 Å². The summed E-state index contributed by atoms with van der Waals surface area (Å²) in [6.07, 6.45) is 0.326. The van der Waals surface area contributed by atoms with Gasteiger partial charge in [0.25, 0.3) is 0 Å². The van der Waals surface area contributed by atoms with Crippen molar-refractivity contribution in [2.24, 2.45) is 0 Å². The molecule has 0 amide bonds. The van der Waals surface area contributed by atoms with Crippen molar-refractivity contribution in [1.82, 2.24) is 0 Å². The second-order valence-electron chi connectivity index (χ2n) is 2.15. The quantitative estimate of drug-likeness (QED) is 0.532. The van der Waals surface area contributed by atoms with Crippen molar-refractivity contribution >= 4 is 54.7 Å². The Morgan fingerprint density at radius 3 is 2.09 bits per heavy atom. The number of hydrogen-bond donors (Lipinski definition) is 0. The van der Waals surface area contributed by atoms with Crippen molar-refractivity contribution in [2.45, 2.75) is 21.1 Å². The first-order valence-electron chi connectivity index (χ1n) is 2.78. The first-order chi connectivity index (χ1) is 4.91. The molecule has 0 aliphatic carbocycles. The molecule has 1 aliphatic rings. The minimum absolute atomic E-state index is 0.240. The molecule has 1 saturated heterocycles. The molecule has 0 spiro atoms. The lowest BCUT2D eigenvalue weighted by Crippen LogP contribution is -2.20. The van der Waals surface area contributed by atoms with Gasteiger partial charge >= 0.3 is 0 Å². The fourth-order valence-corrected chi connectivity index (χ4v) is 5.67. The van der Waals surface area contributed by atoms with Crippen LogP contribution in [0.25, 0.3) is 0 Å². The molecule has 11 heavy (non-hydrogen) atoms. The largest absolute Gasteiger partial charge is 0.237 e. The van der Waals surface area contributed by atoms with Crippen LogP contribution in [-0.2, 0) is 9.05 Å². The van der Waals surface area contributed by atoms with Gasteiger partial charge < -0.3 is 0 Å². The standard InChI is InChI=1S/C4H5Cl3O2S2/c5-3-1-2(4(6)10-3)11(7,8)9/h2-4H,1H2. The molecular weight excluding hydrogens is 251 g/mol. The fourth-order valence-electron chi connectivity index (χ4n) is 0.817. The molecule has 3 atom stereocenters. The average molecular weight is 256 g/mol. The summed E-state index contributed by atoms with van der Waals surface area (Å²) in [6, 6.07) is 0. The third kappa shape index (κ3) is 2.56. The van der Waals surface area contributed by atoms with Gasteiger partial charge in [0.2, 0.25) is 9.05 Å². The van der Waals surface area contributed by atoms with Crippen LogP contribution in [-0.4, -0.2) is 23.1 Å². The summed E-state index contributed by atoms with van der Waals surface area (Å²) in [7, 11) is 1.57. The van der Waals surface area contributed by atoms with Gasteiger partial charge in [-0.3, -0.25) is 0 Å². The lowest BCUT2D eigenvalue weighted by molar-refractivity contribution is 0.596. The molecule has 0 saturated carbocycles. The van der Waals surface area contributed by atoms with Crippen LogP contribution in [0.5, 0.6) is 0 Å². The monoisotopic (exact) mass is 254 g/mol. The van der Waals surface area contributed by atoms with Crippen molar-refractivity contribution in [2.75, 3.05) is 0 Å². The molecule has 7 heteroatoms. The normalized spacial score (nSPS) is 39.4. The number of rotatable bonds is 1. The number of thioether (sulfide) groups is 1. The van der Waals surface area contributed by atoms with Crippen LogP contribution in [0.1, 0.15) is 6.42 Å². The number of hydrogen-bond acceptors (Lipinski definition) is 3. The van der Waals surface area contributed by atoms with Gasteiger partial charge in [0.1, 0.15) is 5.25 Å². The second-order valence-corrected chi connectivity index (χ2v) is 7.86. The zero-order valence-corrected chi connectivity index (χ0v) is 9.11. The van der Waals surface area contributed by atoms with E-state index in [-0.39, 0.29) is 4.71 Å². The molecule has 3 unspecified atom stereocenters. The zero-order chi connectivity index (χ0) is 8.65. The summed E-state index contributed by atoms with van der Waals surface area (Å²) >= 11 is 12.6. The maximum Gasteiger partial charge on any atom is 0.237 e. The summed E-state index contributed by atoms with van der Waals surface area (Å²) < 4.78 is 20.8. The summed E-state index contributed by atoms with van der Waals surface area (Å²) in [5.41, 5.74) is 0. The van der Waals surface area contributed by atoms with Gasteiger partial charge in [-0.2, -0.15) is 0 Å². The molecule has 0 radical (unpaired) electrons. The molecule has 1 rings (SSSR count). The summed E-state index contributed by atoms with van der Waals surface area (Å²) in [6.45, 7) is 0. The van der Waals surface area contributed by atoms with E-state index in [0.717, 1.165) is 0 Å². The van der Waals surface area contributed by atoms with Crippen molar-refractivity contribution in [3.05, 3.63) is 0 Å². The topological polar surface area (TPSA) is 34.1 Å². The van der Waals surface area contributed by atoms with Gasteiger partial charge in [-0.05, 0) is 6.42 Å². The van der Waals surface area contributed by atoms with E-state index in [1.807, 2.05) is 0 Å². The van der Waals surface area contributed by atoms with Gasteiger partial charge in [-0.1, -0.05) is 0 Å². The Morgan fingerprint density at radius 2 is 1.91 bits per heavy atom.